The zero-order valence-corrected chi connectivity index (χ0v) is 18.2. The molecule has 4 rings (SSSR count). The quantitative estimate of drug-likeness (QED) is 0.435. The molecule has 0 unspecified atom stereocenters. The number of anilines is 1. The van der Waals surface area contributed by atoms with E-state index in [0.29, 0.717) is 26.6 Å². The summed E-state index contributed by atoms with van der Waals surface area (Å²) in [6.45, 7) is 1.92. The molecule has 2 aromatic carbocycles. The van der Waals surface area contributed by atoms with Gasteiger partial charge in [0.25, 0.3) is 0 Å². The summed E-state index contributed by atoms with van der Waals surface area (Å²) in [7, 11) is 0. The summed E-state index contributed by atoms with van der Waals surface area (Å²) in [6.07, 6.45) is 4.45. The number of rotatable bonds is 5. The lowest BCUT2D eigenvalue weighted by Gasteiger charge is -2.14. The summed E-state index contributed by atoms with van der Waals surface area (Å²) in [5, 5.41) is 3.21. The van der Waals surface area contributed by atoms with Crippen molar-refractivity contribution in [3.63, 3.8) is 0 Å². The van der Waals surface area contributed by atoms with Gasteiger partial charge in [0, 0.05) is 39.7 Å². The minimum atomic E-state index is -0.415. The van der Waals surface area contributed by atoms with Gasteiger partial charge in [0.05, 0.1) is 11.1 Å². The van der Waals surface area contributed by atoms with Crippen LogP contribution in [0.3, 0.4) is 0 Å². The average molecular weight is 476 g/mol. The van der Waals surface area contributed by atoms with Crippen molar-refractivity contribution in [1.82, 2.24) is 9.55 Å². The summed E-state index contributed by atoms with van der Waals surface area (Å²) in [5.41, 5.74) is 2.31. The molecule has 2 heterocycles. The number of fused-ring (bicyclic) bond motifs is 1. The summed E-state index contributed by atoms with van der Waals surface area (Å²) < 4.78 is 2.34. The number of benzene rings is 2. The number of nitrogens with one attached hydrogen (secondary N) is 1. The molecule has 0 aliphatic rings. The van der Waals surface area contributed by atoms with Crippen LogP contribution in [0.25, 0.3) is 10.9 Å². The Morgan fingerprint density at radius 1 is 1.03 bits per heavy atom. The number of ketones is 1. The summed E-state index contributed by atoms with van der Waals surface area (Å²) >= 11 is 3.38. The number of aromatic nitrogens is 2. The van der Waals surface area contributed by atoms with E-state index in [1.165, 1.54) is 18.6 Å². The van der Waals surface area contributed by atoms with E-state index in [0.717, 1.165) is 5.56 Å². The lowest BCUT2D eigenvalue weighted by atomic mass is 10.0. The largest absolute Gasteiger partial charge is 0.337 e. The van der Waals surface area contributed by atoms with E-state index in [1.54, 1.807) is 34.9 Å². The smallest absolute Gasteiger partial charge is 0.244 e. The Morgan fingerprint density at radius 2 is 1.74 bits per heavy atom. The van der Waals surface area contributed by atoms with E-state index in [9.17, 15) is 14.4 Å². The van der Waals surface area contributed by atoms with Crippen molar-refractivity contribution in [2.24, 2.45) is 0 Å². The molecule has 1 N–H and O–H groups in total. The van der Waals surface area contributed by atoms with Crippen LogP contribution in [-0.2, 0) is 11.3 Å². The fraction of sp³-hybridized carbons (Fsp3) is 0.0833. The number of aryl methyl sites for hydroxylation is 1. The average Bonchev–Trinajstić information content (AvgIpc) is 2.77. The van der Waals surface area contributed by atoms with Gasteiger partial charge in [0.2, 0.25) is 11.3 Å². The third-order valence-electron chi connectivity index (χ3n) is 4.88. The Kier molecular flexibility index (Phi) is 5.77. The van der Waals surface area contributed by atoms with E-state index >= 15 is 0 Å². The highest BCUT2D eigenvalue weighted by Gasteiger charge is 2.18. The van der Waals surface area contributed by atoms with Crippen LogP contribution in [0.15, 0.2) is 82.5 Å². The molecule has 0 saturated carbocycles. The Balaban J connectivity index is 1.76. The lowest BCUT2D eigenvalue weighted by molar-refractivity contribution is -0.116. The van der Waals surface area contributed by atoms with Crippen LogP contribution in [-0.4, -0.2) is 21.2 Å². The predicted octanol–water partition coefficient (Wildman–Crippen LogP) is 4.34. The molecule has 0 aliphatic heterocycles. The number of hydrogen-bond acceptors (Lipinski definition) is 4. The first-order valence-corrected chi connectivity index (χ1v) is 10.4. The van der Waals surface area contributed by atoms with Gasteiger partial charge in [-0.15, -0.1) is 0 Å². The highest BCUT2D eigenvalue weighted by atomic mass is 79.9. The number of hydrogen-bond donors (Lipinski definition) is 1. The van der Waals surface area contributed by atoms with Crippen LogP contribution in [0.5, 0.6) is 0 Å². The van der Waals surface area contributed by atoms with Gasteiger partial charge < -0.3 is 9.88 Å². The van der Waals surface area contributed by atoms with Gasteiger partial charge in [-0.25, -0.2) is 0 Å². The van der Waals surface area contributed by atoms with E-state index < -0.39 is 5.78 Å². The van der Waals surface area contributed by atoms with Gasteiger partial charge >= 0.3 is 0 Å². The van der Waals surface area contributed by atoms with Crippen molar-refractivity contribution in [2.45, 2.75) is 13.5 Å². The van der Waals surface area contributed by atoms with Gasteiger partial charge in [-0.05, 0) is 49.4 Å². The van der Waals surface area contributed by atoms with Crippen molar-refractivity contribution < 1.29 is 9.59 Å². The molecule has 0 radical (unpaired) electrons. The Hall–Kier alpha value is -3.58. The highest BCUT2D eigenvalue weighted by Crippen LogP contribution is 2.20. The number of nitrogens with zero attached hydrogens (tertiary/aromatic N) is 2. The normalized spacial score (nSPS) is 10.8. The van der Waals surface area contributed by atoms with E-state index in [1.807, 2.05) is 31.2 Å². The summed E-state index contributed by atoms with van der Waals surface area (Å²) in [6, 6.07) is 15.8. The summed E-state index contributed by atoms with van der Waals surface area (Å²) in [4.78, 5) is 42.7. The molecule has 0 fully saturated rings. The third kappa shape index (κ3) is 4.46. The first kappa shape index (κ1) is 20.7. The van der Waals surface area contributed by atoms with Crippen LogP contribution < -0.4 is 10.7 Å². The van der Waals surface area contributed by atoms with Crippen molar-refractivity contribution in [3.05, 3.63) is 105 Å². The SMILES string of the molecule is Cc1ccc(NC(=O)Cn2cc(C(=O)c3ccncc3)c(=O)c3cc(Br)ccc32)cc1. The first-order chi connectivity index (χ1) is 14.9. The van der Waals surface area contributed by atoms with Gasteiger partial charge in [-0.3, -0.25) is 19.4 Å². The van der Waals surface area contributed by atoms with Crippen molar-refractivity contribution in [2.75, 3.05) is 5.32 Å². The molecule has 0 spiro atoms. The second-order valence-corrected chi connectivity index (χ2v) is 8.06. The molecule has 1 amide bonds. The molecule has 31 heavy (non-hydrogen) atoms. The van der Waals surface area contributed by atoms with Crippen molar-refractivity contribution >= 4 is 44.2 Å². The van der Waals surface area contributed by atoms with Crippen LogP contribution in [0.2, 0.25) is 0 Å². The zero-order chi connectivity index (χ0) is 22.0. The number of amides is 1. The highest BCUT2D eigenvalue weighted by molar-refractivity contribution is 9.10. The maximum Gasteiger partial charge on any atom is 0.244 e. The summed E-state index contributed by atoms with van der Waals surface area (Å²) in [5.74, 6) is -0.680. The molecule has 6 nitrogen and oxygen atoms in total. The number of pyridine rings is 2. The standard InChI is InChI=1S/C24H18BrN3O3/c1-15-2-5-18(6-3-15)27-22(29)14-28-13-20(23(30)16-8-10-26-11-9-16)24(31)19-12-17(25)4-7-21(19)28/h2-13H,14H2,1H3,(H,27,29). The fourth-order valence-corrected chi connectivity index (χ4v) is 3.67. The van der Waals surface area contributed by atoms with Gasteiger partial charge in [-0.2, -0.15) is 0 Å². The third-order valence-corrected chi connectivity index (χ3v) is 5.37. The molecule has 0 saturated heterocycles. The van der Waals surface area contributed by atoms with Gasteiger partial charge in [0.15, 0.2) is 5.78 Å². The number of carbonyl (C=O) groups is 2. The van der Waals surface area contributed by atoms with Crippen LogP contribution in [0.1, 0.15) is 21.5 Å². The van der Waals surface area contributed by atoms with Gasteiger partial charge in [-0.1, -0.05) is 33.6 Å². The Labute approximate surface area is 186 Å². The van der Waals surface area contributed by atoms with Crippen LogP contribution >= 0.6 is 15.9 Å². The van der Waals surface area contributed by atoms with E-state index in [-0.39, 0.29) is 23.4 Å². The minimum Gasteiger partial charge on any atom is -0.337 e. The molecule has 7 heteroatoms. The fourth-order valence-electron chi connectivity index (χ4n) is 3.31. The number of carbonyl (C=O) groups excluding carboxylic acids is 2. The molecule has 4 aromatic rings. The topological polar surface area (TPSA) is 81.1 Å². The Bertz CT molecular complexity index is 1350. The van der Waals surface area contributed by atoms with Gasteiger partial charge in [0.1, 0.15) is 6.54 Å². The molecule has 154 valence electrons. The van der Waals surface area contributed by atoms with E-state index in [4.69, 9.17) is 0 Å². The molecular weight excluding hydrogens is 458 g/mol. The maximum absolute atomic E-state index is 13.1. The van der Waals surface area contributed by atoms with E-state index in [2.05, 4.69) is 26.2 Å². The molecule has 0 atom stereocenters. The maximum atomic E-state index is 13.1. The second-order valence-electron chi connectivity index (χ2n) is 7.14. The molecule has 0 aliphatic carbocycles. The van der Waals surface area contributed by atoms with Crippen LogP contribution in [0, 0.1) is 6.92 Å². The second kappa shape index (κ2) is 8.65. The predicted molar refractivity (Wildman–Crippen MR) is 123 cm³/mol. The monoisotopic (exact) mass is 475 g/mol. The van der Waals surface area contributed by atoms with Crippen molar-refractivity contribution in [1.29, 1.82) is 0 Å². The molecule has 0 bridgehead atoms. The lowest BCUT2D eigenvalue weighted by Crippen LogP contribution is -2.24. The zero-order valence-electron chi connectivity index (χ0n) is 16.6. The minimum absolute atomic E-state index is 0.0000593. The molecular formula is C24H18BrN3O3. The van der Waals surface area contributed by atoms with Crippen LogP contribution in [0.4, 0.5) is 5.69 Å². The molecule has 2 aromatic heterocycles. The Morgan fingerprint density at radius 3 is 2.45 bits per heavy atom. The number of halogens is 1. The van der Waals surface area contributed by atoms with Crippen molar-refractivity contribution in [3.8, 4) is 0 Å². The first-order valence-electron chi connectivity index (χ1n) is 9.56.